The number of rotatable bonds is 5. The summed E-state index contributed by atoms with van der Waals surface area (Å²) in [4.78, 5) is 0. The topological polar surface area (TPSA) is 52.5 Å². The summed E-state index contributed by atoms with van der Waals surface area (Å²) in [5.74, 6) is 0.649. The fourth-order valence-electron chi connectivity index (χ4n) is 2.57. The molecule has 100 valence electrons. The Hall–Kier alpha value is -0.900. The van der Waals surface area contributed by atoms with Gasteiger partial charge in [-0.05, 0) is 43.7 Å². The molecule has 3 heteroatoms. The monoisotopic (exact) mass is 249 g/mol. The lowest BCUT2D eigenvalue weighted by Crippen LogP contribution is -2.30. The van der Waals surface area contributed by atoms with Crippen LogP contribution in [-0.4, -0.2) is 29.4 Å². The van der Waals surface area contributed by atoms with E-state index in [2.05, 4.69) is 5.32 Å². The second kappa shape index (κ2) is 6.88. The van der Waals surface area contributed by atoms with Gasteiger partial charge in [0.25, 0.3) is 0 Å². The van der Waals surface area contributed by atoms with Gasteiger partial charge in [0.05, 0.1) is 12.2 Å². The Balaban J connectivity index is 1.66. The quantitative estimate of drug-likeness (QED) is 0.746. The number of nitrogens with one attached hydrogen (secondary N) is 1. The first-order valence-corrected chi connectivity index (χ1v) is 6.87. The Labute approximate surface area is 109 Å². The van der Waals surface area contributed by atoms with E-state index < -0.39 is 6.10 Å². The average Bonchev–Trinajstić information content (AvgIpc) is 2.42. The molecular formula is C15H23NO2. The number of hydrogen-bond donors (Lipinski definition) is 3. The third-order valence-corrected chi connectivity index (χ3v) is 3.77. The van der Waals surface area contributed by atoms with Gasteiger partial charge in [-0.15, -0.1) is 0 Å². The van der Waals surface area contributed by atoms with Crippen molar-refractivity contribution in [3.8, 4) is 0 Å². The maximum atomic E-state index is 9.99. The zero-order chi connectivity index (χ0) is 12.8. The van der Waals surface area contributed by atoms with Crippen LogP contribution < -0.4 is 5.32 Å². The highest BCUT2D eigenvalue weighted by Gasteiger charge is 2.19. The average molecular weight is 249 g/mol. The number of aliphatic hydroxyl groups is 2. The molecule has 1 unspecified atom stereocenters. The summed E-state index contributed by atoms with van der Waals surface area (Å²) >= 11 is 0. The van der Waals surface area contributed by atoms with Crippen molar-refractivity contribution in [2.24, 2.45) is 5.92 Å². The lowest BCUT2D eigenvalue weighted by atomic mass is 9.87. The standard InChI is InChI=1S/C15H23NO2/c17-14-8-6-12(7-9-14)10-16-11-15(18)13-4-2-1-3-5-13/h1-5,12,14-18H,6-11H2. The highest BCUT2D eigenvalue weighted by atomic mass is 16.3. The van der Waals surface area contributed by atoms with E-state index in [9.17, 15) is 10.2 Å². The molecule has 1 aromatic rings. The fourth-order valence-corrected chi connectivity index (χ4v) is 2.57. The molecule has 1 aromatic carbocycles. The lowest BCUT2D eigenvalue weighted by Gasteiger charge is -2.26. The van der Waals surface area contributed by atoms with Crippen LogP contribution in [0.15, 0.2) is 30.3 Å². The van der Waals surface area contributed by atoms with E-state index in [1.165, 1.54) is 0 Å². The lowest BCUT2D eigenvalue weighted by molar-refractivity contribution is 0.106. The maximum absolute atomic E-state index is 9.99. The van der Waals surface area contributed by atoms with E-state index in [0.29, 0.717) is 12.5 Å². The molecule has 1 aliphatic carbocycles. The molecule has 0 saturated heterocycles. The van der Waals surface area contributed by atoms with Gasteiger partial charge in [-0.1, -0.05) is 30.3 Å². The van der Waals surface area contributed by atoms with E-state index in [-0.39, 0.29) is 6.10 Å². The number of hydrogen-bond acceptors (Lipinski definition) is 3. The van der Waals surface area contributed by atoms with Crippen molar-refractivity contribution in [3.63, 3.8) is 0 Å². The van der Waals surface area contributed by atoms with Crippen LogP contribution in [0.5, 0.6) is 0 Å². The first kappa shape index (κ1) is 13.5. The minimum absolute atomic E-state index is 0.0869. The second-order valence-corrected chi connectivity index (χ2v) is 5.26. The number of benzene rings is 1. The second-order valence-electron chi connectivity index (χ2n) is 5.26. The Morgan fingerprint density at radius 3 is 2.44 bits per heavy atom. The zero-order valence-electron chi connectivity index (χ0n) is 10.8. The molecule has 3 nitrogen and oxygen atoms in total. The van der Waals surface area contributed by atoms with Gasteiger partial charge in [0.15, 0.2) is 0 Å². The Kier molecular flexibility index (Phi) is 5.17. The summed E-state index contributed by atoms with van der Waals surface area (Å²) in [5.41, 5.74) is 0.962. The minimum Gasteiger partial charge on any atom is -0.393 e. The van der Waals surface area contributed by atoms with Gasteiger partial charge >= 0.3 is 0 Å². The van der Waals surface area contributed by atoms with Crippen LogP contribution in [0.3, 0.4) is 0 Å². The molecular weight excluding hydrogens is 226 g/mol. The van der Waals surface area contributed by atoms with Crippen LogP contribution in [0.1, 0.15) is 37.4 Å². The molecule has 0 heterocycles. The van der Waals surface area contributed by atoms with Gasteiger partial charge in [0, 0.05) is 6.54 Å². The fraction of sp³-hybridized carbons (Fsp3) is 0.600. The van der Waals surface area contributed by atoms with Gasteiger partial charge in [-0.3, -0.25) is 0 Å². The molecule has 0 radical (unpaired) electrons. The van der Waals surface area contributed by atoms with Crippen molar-refractivity contribution in [2.75, 3.05) is 13.1 Å². The summed E-state index contributed by atoms with van der Waals surface area (Å²) < 4.78 is 0. The van der Waals surface area contributed by atoms with E-state index in [1.54, 1.807) is 0 Å². The molecule has 1 fully saturated rings. The smallest absolute Gasteiger partial charge is 0.0914 e. The zero-order valence-corrected chi connectivity index (χ0v) is 10.8. The summed E-state index contributed by atoms with van der Waals surface area (Å²) in [6, 6.07) is 9.74. The van der Waals surface area contributed by atoms with Gasteiger partial charge in [0.2, 0.25) is 0 Å². The Morgan fingerprint density at radius 1 is 1.11 bits per heavy atom. The van der Waals surface area contributed by atoms with Crippen LogP contribution in [0, 0.1) is 5.92 Å². The van der Waals surface area contributed by atoms with Crippen LogP contribution in [0.25, 0.3) is 0 Å². The molecule has 18 heavy (non-hydrogen) atoms. The highest BCUT2D eigenvalue weighted by molar-refractivity contribution is 5.17. The molecule has 1 aliphatic rings. The summed E-state index contributed by atoms with van der Waals surface area (Å²) in [7, 11) is 0. The summed E-state index contributed by atoms with van der Waals surface area (Å²) in [6.07, 6.45) is 3.52. The van der Waals surface area contributed by atoms with Gasteiger partial charge in [-0.2, -0.15) is 0 Å². The molecule has 0 aromatic heterocycles. The van der Waals surface area contributed by atoms with Crippen molar-refractivity contribution in [2.45, 2.75) is 37.9 Å². The molecule has 1 saturated carbocycles. The van der Waals surface area contributed by atoms with Crippen LogP contribution in [0.4, 0.5) is 0 Å². The van der Waals surface area contributed by atoms with Crippen molar-refractivity contribution in [3.05, 3.63) is 35.9 Å². The molecule has 0 aliphatic heterocycles. The van der Waals surface area contributed by atoms with E-state index in [1.807, 2.05) is 30.3 Å². The van der Waals surface area contributed by atoms with Gasteiger partial charge in [-0.25, -0.2) is 0 Å². The van der Waals surface area contributed by atoms with Gasteiger partial charge in [0.1, 0.15) is 0 Å². The van der Waals surface area contributed by atoms with Gasteiger partial charge < -0.3 is 15.5 Å². The Morgan fingerprint density at radius 2 is 1.78 bits per heavy atom. The normalized spacial score (nSPS) is 25.9. The highest BCUT2D eigenvalue weighted by Crippen LogP contribution is 2.23. The van der Waals surface area contributed by atoms with Crippen molar-refractivity contribution >= 4 is 0 Å². The van der Waals surface area contributed by atoms with E-state index in [0.717, 1.165) is 37.8 Å². The van der Waals surface area contributed by atoms with Crippen molar-refractivity contribution < 1.29 is 10.2 Å². The van der Waals surface area contributed by atoms with Crippen LogP contribution >= 0.6 is 0 Å². The largest absolute Gasteiger partial charge is 0.393 e. The maximum Gasteiger partial charge on any atom is 0.0914 e. The molecule has 0 amide bonds. The first-order chi connectivity index (χ1) is 8.75. The van der Waals surface area contributed by atoms with Crippen molar-refractivity contribution in [1.29, 1.82) is 0 Å². The molecule has 0 spiro atoms. The molecule has 1 atom stereocenters. The molecule has 3 N–H and O–H groups in total. The van der Waals surface area contributed by atoms with E-state index in [4.69, 9.17) is 0 Å². The predicted molar refractivity (Wildman–Crippen MR) is 72.2 cm³/mol. The van der Waals surface area contributed by atoms with Crippen LogP contribution in [0.2, 0.25) is 0 Å². The van der Waals surface area contributed by atoms with Crippen LogP contribution in [-0.2, 0) is 0 Å². The SMILES string of the molecule is OC1CCC(CNCC(O)c2ccccc2)CC1. The summed E-state index contributed by atoms with van der Waals surface area (Å²) in [5, 5.41) is 22.8. The molecule has 2 rings (SSSR count). The minimum atomic E-state index is -0.430. The third-order valence-electron chi connectivity index (χ3n) is 3.77. The molecule has 0 bridgehead atoms. The number of aliphatic hydroxyl groups excluding tert-OH is 2. The first-order valence-electron chi connectivity index (χ1n) is 6.87. The predicted octanol–water partition coefficient (Wildman–Crippen LogP) is 1.86. The van der Waals surface area contributed by atoms with E-state index >= 15 is 0 Å². The van der Waals surface area contributed by atoms with Crippen molar-refractivity contribution in [1.82, 2.24) is 5.32 Å². The Bertz CT molecular complexity index is 334. The third kappa shape index (κ3) is 4.09. The summed E-state index contributed by atoms with van der Waals surface area (Å²) in [6.45, 7) is 1.54.